The third-order valence-electron chi connectivity index (χ3n) is 7.33. The van der Waals surface area contributed by atoms with Gasteiger partial charge in [-0.3, -0.25) is 4.90 Å². The topological polar surface area (TPSA) is 68.2 Å². The Balaban J connectivity index is 1.40. The molecule has 1 N–H and O–H groups in total. The van der Waals surface area contributed by atoms with E-state index in [2.05, 4.69) is 0 Å². The van der Waals surface area contributed by atoms with Crippen molar-refractivity contribution in [3.8, 4) is 5.75 Å². The van der Waals surface area contributed by atoms with Crippen LogP contribution >= 0.6 is 0 Å². The zero-order valence-electron chi connectivity index (χ0n) is 22.8. The molecule has 6 nitrogen and oxygen atoms in total. The second kappa shape index (κ2) is 13.8. The van der Waals surface area contributed by atoms with Gasteiger partial charge in [0, 0.05) is 30.3 Å². The maximum Gasteiger partial charge on any atom is 0.401 e. The second-order valence-electron chi connectivity index (χ2n) is 10.3. The molecule has 0 saturated carbocycles. The number of halogens is 5. The second-order valence-corrected chi connectivity index (χ2v) is 10.3. The third kappa shape index (κ3) is 8.05. The average molecular weight is 584 g/mol. The van der Waals surface area contributed by atoms with Gasteiger partial charge in [-0.15, -0.1) is 0 Å². The van der Waals surface area contributed by atoms with Gasteiger partial charge in [-0.25, -0.2) is 13.6 Å². The Morgan fingerprint density at radius 1 is 1.00 bits per heavy atom. The normalized spacial score (nSPS) is 18.9. The Bertz CT molecular complexity index is 1230. The SMILES string of the molecule is C[C@@H]1CC2=C(Cc3ccccc32)[C@@H](c2c(F)cc(OCCCCCOCCOCC(=O)O)cc2F)N1CC(F)(F)F. The number of fused-ring (bicyclic) bond motifs is 2. The van der Waals surface area contributed by atoms with Crippen molar-refractivity contribution in [1.82, 2.24) is 4.90 Å². The molecule has 0 amide bonds. The van der Waals surface area contributed by atoms with Crippen molar-refractivity contribution in [2.45, 2.75) is 57.3 Å². The highest BCUT2D eigenvalue weighted by atomic mass is 19.4. The van der Waals surface area contributed by atoms with E-state index >= 15 is 8.78 Å². The van der Waals surface area contributed by atoms with Crippen molar-refractivity contribution >= 4 is 11.5 Å². The lowest BCUT2D eigenvalue weighted by Gasteiger charge is -2.42. The van der Waals surface area contributed by atoms with Gasteiger partial charge in [0.2, 0.25) is 0 Å². The Morgan fingerprint density at radius 2 is 1.68 bits per heavy atom. The molecule has 0 bridgehead atoms. The van der Waals surface area contributed by atoms with Gasteiger partial charge < -0.3 is 19.3 Å². The summed E-state index contributed by atoms with van der Waals surface area (Å²) in [5.41, 5.74) is 2.96. The first-order valence-electron chi connectivity index (χ1n) is 13.7. The summed E-state index contributed by atoms with van der Waals surface area (Å²) >= 11 is 0. The molecule has 41 heavy (non-hydrogen) atoms. The molecule has 1 aliphatic carbocycles. The van der Waals surface area contributed by atoms with E-state index in [0.29, 0.717) is 37.9 Å². The van der Waals surface area contributed by atoms with Gasteiger partial charge in [0.1, 0.15) is 24.0 Å². The van der Waals surface area contributed by atoms with Crippen LogP contribution in [0.3, 0.4) is 0 Å². The summed E-state index contributed by atoms with van der Waals surface area (Å²) in [5.74, 6) is -2.94. The van der Waals surface area contributed by atoms with E-state index in [-0.39, 0.29) is 32.2 Å². The van der Waals surface area contributed by atoms with E-state index in [0.717, 1.165) is 40.2 Å². The molecule has 224 valence electrons. The van der Waals surface area contributed by atoms with Crippen LogP contribution in [0.5, 0.6) is 5.75 Å². The summed E-state index contributed by atoms with van der Waals surface area (Å²) in [6, 6.07) is 7.84. The summed E-state index contributed by atoms with van der Waals surface area (Å²) in [5, 5.41) is 8.48. The molecule has 2 aliphatic rings. The fourth-order valence-electron chi connectivity index (χ4n) is 5.58. The van der Waals surface area contributed by atoms with E-state index in [1.54, 1.807) is 6.92 Å². The van der Waals surface area contributed by atoms with Crippen molar-refractivity contribution in [3.63, 3.8) is 0 Å². The number of benzene rings is 2. The Kier molecular flexibility index (Phi) is 10.4. The van der Waals surface area contributed by atoms with Crippen molar-refractivity contribution in [3.05, 3.63) is 70.3 Å². The van der Waals surface area contributed by atoms with E-state index in [1.165, 1.54) is 0 Å². The van der Waals surface area contributed by atoms with Crippen LogP contribution in [0, 0.1) is 11.6 Å². The summed E-state index contributed by atoms with van der Waals surface area (Å²) < 4.78 is 87.7. The predicted molar refractivity (Wildman–Crippen MR) is 142 cm³/mol. The number of hydrogen-bond acceptors (Lipinski definition) is 5. The van der Waals surface area contributed by atoms with Gasteiger partial charge in [0.05, 0.1) is 32.4 Å². The summed E-state index contributed by atoms with van der Waals surface area (Å²) in [4.78, 5) is 11.5. The summed E-state index contributed by atoms with van der Waals surface area (Å²) in [7, 11) is 0. The number of hydrogen-bond donors (Lipinski definition) is 1. The minimum atomic E-state index is -4.54. The lowest BCUT2D eigenvalue weighted by atomic mass is 9.84. The zero-order chi connectivity index (χ0) is 29.6. The number of carbonyl (C=O) groups is 1. The quantitative estimate of drug-likeness (QED) is 0.207. The molecule has 0 aromatic heterocycles. The van der Waals surface area contributed by atoms with Crippen LogP contribution in [0.15, 0.2) is 42.0 Å². The minimum Gasteiger partial charge on any atom is -0.493 e. The molecule has 4 rings (SSSR count). The van der Waals surface area contributed by atoms with Gasteiger partial charge in [-0.1, -0.05) is 24.3 Å². The Labute approximate surface area is 235 Å². The van der Waals surface area contributed by atoms with Crippen molar-refractivity contribution in [1.29, 1.82) is 0 Å². The van der Waals surface area contributed by atoms with Gasteiger partial charge in [0.15, 0.2) is 0 Å². The van der Waals surface area contributed by atoms with Crippen LogP contribution in [0.25, 0.3) is 5.57 Å². The highest BCUT2D eigenvalue weighted by Crippen LogP contribution is 2.50. The molecule has 0 spiro atoms. The van der Waals surface area contributed by atoms with Gasteiger partial charge >= 0.3 is 12.1 Å². The van der Waals surface area contributed by atoms with E-state index in [4.69, 9.17) is 19.3 Å². The predicted octanol–water partition coefficient (Wildman–Crippen LogP) is 6.34. The zero-order valence-corrected chi connectivity index (χ0v) is 22.8. The number of carboxylic acids is 1. The largest absolute Gasteiger partial charge is 0.493 e. The molecule has 2 atom stereocenters. The number of rotatable bonds is 14. The van der Waals surface area contributed by atoms with Crippen LogP contribution < -0.4 is 4.74 Å². The van der Waals surface area contributed by atoms with Crippen molar-refractivity contribution in [2.24, 2.45) is 0 Å². The fourth-order valence-corrected chi connectivity index (χ4v) is 5.58. The molecule has 11 heteroatoms. The monoisotopic (exact) mass is 583 g/mol. The van der Waals surface area contributed by atoms with E-state index in [1.807, 2.05) is 24.3 Å². The number of nitrogens with zero attached hydrogens (tertiary/aromatic N) is 1. The molecular formula is C30H34F5NO5. The van der Waals surface area contributed by atoms with Crippen molar-refractivity contribution < 1.29 is 46.1 Å². The number of alkyl halides is 3. The highest BCUT2D eigenvalue weighted by molar-refractivity contribution is 5.79. The number of unbranched alkanes of at least 4 members (excludes halogenated alkanes) is 2. The lowest BCUT2D eigenvalue weighted by Crippen LogP contribution is -2.46. The van der Waals surface area contributed by atoms with Crippen LogP contribution in [0.1, 0.15) is 55.3 Å². The van der Waals surface area contributed by atoms with Crippen LogP contribution in [-0.4, -0.2) is 67.8 Å². The van der Waals surface area contributed by atoms with Gasteiger partial charge in [-0.05, 0) is 61.3 Å². The Hall–Kier alpha value is -3.02. The van der Waals surface area contributed by atoms with Crippen LogP contribution in [0.2, 0.25) is 0 Å². The molecule has 2 aromatic carbocycles. The first kappa shape index (κ1) is 30.9. The molecule has 0 saturated heterocycles. The summed E-state index contributed by atoms with van der Waals surface area (Å²) in [6.07, 6.45) is -1.80. The maximum atomic E-state index is 15.6. The number of ether oxygens (including phenoxy) is 3. The summed E-state index contributed by atoms with van der Waals surface area (Å²) in [6.45, 7) is 1.12. The van der Waals surface area contributed by atoms with Gasteiger partial charge in [-0.2, -0.15) is 13.2 Å². The first-order chi connectivity index (χ1) is 19.5. The lowest BCUT2D eigenvalue weighted by molar-refractivity contribution is -0.155. The van der Waals surface area contributed by atoms with Gasteiger partial charge in [0.25, 0.3) is 0 Å². The highest BCUT2D eigenvalue weighted by Gasteiger charge is 2.45. The van der Waals surface area contributed by atoms with Crippen LogP contribution in [0.4, 0.5) is 22.0 Å². The third-order valence-corrected chi connectivity index (χ3v) is 7.33. The Morgan fingerprint density at radius 3 is 2.39 bits per heavy atom. The standard InChI is InChI=1S/C30H34F5NO5/c1-19-13-23-22-8-4-3-7-20(22)14-24(23)29(36(19)18-30(33,34)35)28-25(31)15-21(16-26(28)32)41-10-6-2-5-9-39-11-12-40-17-27(37)38/h3-4,7-8,15-16,19,29H,2,5-6,9-14,17-18H2,1H3,(H,37,38)/t19-,29+/m1/s1. The minimum absolute atomic E-state index is 0.0225. The maximum absolute atomic E-state index is 15.6. The first-order valence-corrected chi connectivity index (χ1v) is 13.7. The molecular weight excluding hydrogens is 549 g/mol. The number of carboxylic acid groups (broad SMARTS) is 1. The van der Waals surface area contributed by atoms with Crippen molar-refractivity contribution in [2.75, 3.05) is 39.6 Å². The van der Waals surface area contributed by atoms with Crippen LogP contribution in [-0.2, 0) is 20.7 Å². The van der Waals surface area contributed by atoms with E-state index < -0.39 is 48.0 Å². The van der Waals surface area contributed by atoms with E-state index in [9.17, 15) is 18.0 Å². The molecule has 2 aromatic rings. The molecule has 1 heterocycles. The fraction of sp³-hybridized carbons (Fsp3) is 0.500. The average Bonchev–Trinajstić information content (AvgIpc) is 3.25. The molecule has 0 unspecified atom stereocenters. The smallest absolute Gasteiger partial charge is 0.401 e. The molecule has 0 fully saturated rings. The number of aliphatic carboxylic acids is 1. The molecule has 1 aliphatic heterocycles. The molecule has 0 radical (unpaired) electrons.